The van der Waals surface area contributed by atoms with Crippen LogP contribution in [0.3, 0.4) is 0 Å². The van der Waals surface area contributed by atoms with E-state index in [9.17, 15) is 4.79 Å². The van der Waals surface area contributed by atoms with Crippen LogP contribution in [0.4, 0.5) is 5.69 Å². The number of anilines is 1. The smallest absolute Gasteiger partial charge is 0.250 e. The number of benzene rings is 3. The van der Waals surface area contributed by atoms with E-state index in [1.54, 1.807) is 6.08 Å². The second-order valence-electron chi connectivity index (χ2n) is 7.24. The molecule has 0 bridgehead atoms. The van der Waals surface area contributed by atoms with Crippen LogP contribution in [0.1, 0.15) is 24.5 Å². The van der Waals surface area contributed by atoms with Gasteiger partial charge >= 0.3 is 0 Å². The van der Waals surface area contributed by atoms with Crippen molar-refractivity contribution in [3.63, 3.8) is 0 Å². The van der Waals surface area contributed by atoms with Crippen LogP contribution in [0.25, 0.3) is 6.08 Å². The summed E-state index contributed by atoms with van der Waals surface area (Å²) in [5, 5.41) is 5.89. The number of thiocarbonyl (C=S) groups is 1. The van der Waals surface area contributed by atoms with Crippen LogP contribution in [0.5, 0.6) is 11.5 Å². The molecule has 0 aliphatic carbocycles. The summed E-state index contributed by atoms with van der Waals surface area (Å²) in [6.07, 6.45) is 5.06. The van der Waals surface area contributed by atoms with Crippen molar-refractivity contribution in [1.82, 2.24) is 5.32 Å². The van der Waals surface area contributed by atoms with E-state index in [0.717, 1.165) is 35.6 Å². The molecule has 0 unspecified atom stereocenters. The number of carbonyl (C=O) groups is 1. The minimum absolute atomic E-state index is 0.220. The lowest BCUT2D eigenvalue weighted by Gasteiger charge is -2.11. The molecular weight excluding hydrogens is 432 g/mol. The maximum atomic E-state index is 12.2. The Labute approximate surface area is 200 Å². The number of amides is 1. The summed E-state index contributed by atoms with van der Waals surface area (Å²) in [7, 11) is 0. The maximum Gasteiger partial charge on any atom is 0.250 e. The van der Waals surface area contributed by atoms with E-state index < -0.39 is 0 Å². The summed E-state index contributed by atoms with van der Waals surface area (Å²) in [6, 6.07) is 25.3. The van der Waals surface area contributed by atoms with E-state index >= 15 is 0 Å². The predicted octanol–water partition coefficient (Wildman–Crippen LogP) is 5.62. The second kappa shape index (κ2) is 13.0. The summed E-state index contributed by atoms with van der Waals surface area (Å²) < 4.78 is 11.3. The number of hydrogen-bond acceptors (Lipinski definition) is 4. The Morgan fingerprint density at radius 3 is 2.48 bits per heavy atom. The van der Waals surface area contributed by atoms with E-state index in [-0.39, 0.29) is 11.0 Å². The number of hydrogen-bond donors (Lipinski definition) is 2. The molecule has 3 aromatic rings. The Morgan fingerprint density at radius 2 is 1.73 bits per heavy atom. The van der Waals surface area contributed by atoms with Gasteiger partial charge in [0.25, 0.3) is 0 Å². The Bertz CT molecular complexity index is 1070. The lowest BCUT2D eigenvalue weighted by molar-refractivity contribution is -0.115. The van der Waals surface area contributed by atoms with Crippen molar-refractivity contribution in [3.05, 3.63) is 96.1 Å². The molecule has 2 N–H and O–H groups in total. The largest absolute Gasteiger partial charge is 0.494 e. The first-order valence-corrected chi connectivity index (χ1v) is 11.3. The van der Waals surface area contributed by atoms with Gasteiger partial charge in [0, 0.05) is 17.8 Å². The first-order chi connectivity index (χ1) is 16.1. The molecule has 0 heterocycles. The van der Waals surface area contributed by atoms with Crippen molar-refractivity contribution in [3.8, 4) is 11.5 Å². The summed E-state index contributed by atoms with van der Waals surface area (Å²) in [5.41, 5.74) is 2.94. The van der Waals surface area contributed by atoms with Gasteiger partial charge in [-0.3, -0.25) is 10.1 Å². The number of nitrogens with one attached hydrogen (secondary N) is 2. The highest BCUT2D eigenvalue weighted by Crippen LogP contribution is 2.18. The van der Waals surface area contributed by atoms with Gasteiger partial charge in [0.05, 0.1) is 13.2 Å². The Kier molecular flexibility index (Phi) is 9.48. The molecule has 6 heteroatoms. The molecule has 0 saturated carbocycles. The van der Waals surface area contributed by atoms with E-state index in [0.29, 0.717) is 13.2 Å². The molecule has 170 valence electrons. The van der Waals surface area contributed by atoms with E-state index in [4.69, 9.17) is 21.7 Å². The zero-order valence-corrected chi connectivity index (χ0v) is 19.4. The van der Waals surface area contributed by atoms with Gasteiger partial charge in [-0.15, -0.1) is 0 Å². The van der Waals surface area contributed by atoms with Crippen molar-refractivity contribution >= 4 is 35.0 Å². The van der Waals surface area contributed by atoms with Crippen LogP contribution in [-0.2, 0) is 11.2 Å². The van der Waals surface area contributed by atoms with Crippen LogP contribution < -0.4 is 20.1 Å². The predicted molar refractivity (Wildman–Crippen MR) is 138 cm³/mol. The van der Waals surface area contributed by atoms with Crippen LogP contribution in [-0.4, -0.2) is 24.2 Å². The van der Waals surface area contributed by atoms with Gasteiger partial charge in [-0.2, -0.15) is 0 Å². The van der Waals surface area contributed by atoms with Crippen LogP contribution >= 0.6 is 12.2 Å². The molecule has 0 aromatic heterocycles. The first kappa shape index (κ1) is 24.0. The fraction of sp³-hybridized carbons (Fsp3) is 0.185. The molecule has 0 saturated heterocycles. The summed E-state index contributed by atoms with van der Waals surface area (Å²) in [6.45, 7) is 3.17. The van der Waals surface area contributed by atoms with Crippen molar-refractivity contribution < 1.29 is 14.3 Å². The van der Waals surface area contributed by atoms with Gasteiger partial charge in [0.15, 0.2) is 5.11 Å². The lowest BCUT2D eigenvalue weighted by atomic mass is 10.1. The third-order valence-electron chi connectivity index (χ3n) is 4.67. The van der Waals surface area contributed by atoms with Crippen LogP contribution in [0.15, 0.2) is 84.9 Å². The average molecular weight is 461 g/mol. The van der Waals surface area contributed by atoms with Crippen LogP contribution in [0, 0.1) is 0 Å². The van der Waals surface area contributed by atoms with E-state index in [1.165, 1.54) is 11.6 Å². The topological polar surface area (TPSA) is 59.6 Å². The van der Waals surface area contributed by atoms with Gasteiger partial charge in [0.2, 0.25) is 5.91 Å². The van der Waals surface area contributed by atoms with Gasteiger partial charge in [0.1, 0.15) is 11.5 Å². The summed E-state index contributed by atoms with van der Waals surface area (Å²) in [4.78, 5) is 12.2. The van der Waals surface area contributed by atoms with E-state index in [2.05, 4.69) is 22.8 Å². The zero-order chi connectivity index (χ0) is 23.3. The molecule has 3 rings (SSSR count). The molecule has 3 aromatic carbocycles. The van der Waals surface area contributed by atoms with Crippen LogP contribution in [0.2, 0.25) is 0 Å². The fourth-order valence-electron chi connectivity index (χ4n) is 3.10. The van der Waals surface area contributed by atoms with Crippen molar-refractivity contribution in [2.75, 3.05) is 18.5 Å². The Balaban J connectivity index is 1.42. The van der Waals surface area contributed by atoms with Gasteiger partial charge in [-0.25, -0.2) is 0 Å². The Hall–Kier alpha value is -3.64. The number of rotatable bonds is 10. The first-order valence-electron chi connectivity index (χ1n) is 10.9. The second-order valence-corrected chi connectivity index (χ2v) is 7.65. The highest BCUT2D eigenvalue weighted by atomic mass is 32.1. The van der Waals surface area contributed by atoms with Crippen molar-refractivity contribution in [2.45, 2.75) is 19.8 Å². The molecule has 0 aliphatic heterocycles. The fourth-order valence-corrected chi connectivity index (χ4v) is 3.32. The molecule has 5 nitrogen and oxygen atoms in total. The van der Waals surface area contributed by atoms with Crippen molar-refractivity contribution in [2.24, 2.45) is 0 Å². The molecule has 0 atom stereocenters. The third-order valence-corrected chi connectivity index (χ3v) is 4.87. The minimum atomic E-state index is -0.310. The third kappa shape index (κ3) is 8.79. The highest BCUT2D eigenvalue weighted by Gasteiger charge is 2.03. The average Bonchev–Trinajstić information content (AvgIpc) is 2.82. The molecule has 33 heavy (non-hydrogen) atoms. The number of ether oxygens (including phenoxy) is 2. The maximum absolute atomic E-state index is 12.2. The van der Waals surface area contributed by atoms with Gasteiger partial charge < -0.3 is 14.8 Å². The summed E-state index contributed by atoms with van der Waals surface area (Å²) in [5.74, 6) is 1.24. The summed E-state index contributed by atoms with van der Waals surface area (Å²) >= 11 is 5.26. The van der Waals surface area contributed by atoms with E-state index in [1.807, 2.05) is 73.7 Å². The molecular formula is C27H28N2O3S. The monoisotopic (exact) mass is 460 g/mol. The van der Waals surface area contributed by atoms with Gasteiger partial charge in [-0.1, -0.05) is 48.5 Å². The molecule has 1 amide bonds. The highest BCUT2D eigenvalue weighted by molar-refractivity contribution is 7.80. The SMILES string of the molecule is CCOc1ccc(/C=C/C(=O)NC(=S)Nc2cccc(OCCCc3ccccc3)c2)cc1. The zero-order valence-electron chi connectivity index (χ0n) is 18.6. The molecule has 0 spiro atoms. The standard InChI is InChI=1S/C27H28N2O3S/c1-2-31-24-16-13-22(14-17-24)15-18-26(30)29-27(33)28-23-11-6-12-25(20-23)32-19-7-10-21-8-4-3-5-9-21/h3-6,8-9,11-18,20H,2,7,10,19H2,1H3,(H2,28,29,30,33)/b18-15+. The quantitative estimate of drug-likeness (QED) is 0.234. The van der Waals surface area contributed by atoms with Gasteiger partial charge in [-0.05, 0) is 73.5 Å². The normalized spacial score (nSPS) is 10.6. The molecule has 0 aliphatic rings. The van der Waals surface area contributed by atoms with Crippen molar-refractivity contribution in [1.29, 1.82) is 0 Å². The molecule has 0 fully saturated rings. The Morgan fingerprint density at radius 1 is 0.939 bits per heavy atom. The minimum Gasteiger partial charge on any atom is -0.494 e. The molecule has 0 radical (unpaired) electrons. The number of aryl methyl sites for hydroxylation is 1. The lowest BCUT2D eigenvalue weighted by Crippen LogP contribution is -2.32. The number of carbonyl (C=O) groups excluding carboxylic acids is 1.